The van der Waals surface area contributed by atoms with Crippen LogP contribution in [0.4, 0.5) is 0 Å². The third kappa shape index (κ3) is 0.870. The van der Waals surface area contributed by atoms with E-state index < -0.39 is 11.1 Å². The van der Waals surface area contributed by atoms with Crippen LogP contribution < -0.4 is 0 Å². The van der Waals surface area contributed by atoms with Crippen molar-refractivity contribution in [2.24, 2.45) is 0 Å². The first kappa shape index (κ1) is 9.70. The molecular weight excluding hydrogens is 176 g/mol. The lowest BCUT2D eigenvalue weighted by Gasteiger charge is -2.43. The van der Waals surface area contributed by atoms with Gasteiger partial charge >= 0.3 is 0 Å². The number of rotatable bonds is 0. The molecule has 0 atom stereocenters. The summed E-state index contributed by atoms with van der Waals surface area (Å²) in [6.45, 7) is 7.06. The van der Waals surface area contributed by atoms with E-state index in [0.29, 0.717) is 5.06 Å². The molecule has 1 heterocycles. The van der Waals surface area contributed by atoms with Gasteiger partial charge in [0, 0.05) is 0 Å². The largest absolute Gasteiger partial charge is 0.756 e. The van der Waals surface area contributed by atoms with Crippen molar-refractivity contribution in [1.82, 2.24) is 10.1 Å². The average molecular weight is 189 g/mol. The molecule has 0 saturated carbocycles. The van der Waals surface area contributed by atoms with Crippen molar-refractivity contribution in [2.75, 3.05) is 0 Å². The fourth-order valence-corrected chi connectivity index (χ4v) is 1.53. The van der Waals surface area contributed by atoms with Crippen molar-refractivity contribution in [3.05, 3.63) is 5.21 Å². The highest BCUT2D eigenvalue weighted by atomic mass is 32.1. The van der Waals surface area contributed by atoms with Crippen molar-refractivity contribution in [2.45, 2.75) is 38.8 Å². The molecule has 1 aliphatic rings. The summed E-state index contributed by atoms with van der Waals surface area (Å²) in [5.41, 5.74) is -1.34. The van der Waals surface area contributed by atoms with Gasteiger partial charge in [0.1, 0.15) is 0 Å². The Hall–Kier alpha value is -0.390. The molecular formula is C7H13N2O2S-. The molecule has 1 aliphatic heterocycles. The molecule has 1 saturated heterocycles. The molecule has 0 unspecified atom stereocenters. The Labute approximate surface area is 77.3 Å². The van der Waals surface area contributed by atoms with Gasteiger partial charge in [-0.3, -0.25) is 5.21 Å². The molecule has 5 heteroatoms. The first-order chi connectivity index (χ1) is 5.23. The number of hydrogen-bond donors (Lipinski definition) is 1. The molecule has 0 amide bonds. The minimum absolute atomic E-state index is 0.0648. The molecule has 1 rings (SSSR count). The van der Waals surface area contributed by atoms with E-state index >= 15 is 0 Å². The third-order valence-corrected chi connectivity index (χ3v) is 3.23. The van der Waals surface area contributed by atoms with Gasteiger partial charge in [0.2, 0.25) is 0 Å². The maximum atomic E-state index is 11.4. The zero-order chi connectivity index (χ0) is 9.73. The van der Waals surface area contributed by atoms with E-state index in [1.54, 1.807) is 27.7 Å². The Kier molecular flexibility index (Phi) is 1.86. The van der Waals surface area contributed by atoms with Crippen molar-refractivity contribution < 1.29 is 5.21 Å². The van der Waals surface area contributed by atoms with Gasteiger partial charge in [0.25, 0.3) is 0 Å². The lowest BCUT2D eigenvalue weighted by Crippen LogP contribution is -2.52. The standard InChI is InChI=1S/C7H13N2O2S/c1-6(2)7(3,4)9(11)5(12)8(6)10/h10H,1-4H3/q-1. The topological polar surface area (TPSA) is 49.8 Å². The van der Waals surface area contributed by atoms with E-state index in [1.807, 2.05) is 0 Å². The van der Waals surface area contributed by atoms with E-state index in [-0.39, 0.29) is 5.11 Å². The third-order valence-electron chi connectivity index (χ3n) is 2.89. The highest BCUT2D eigenvalue weighted by Gasteiger charge is 2.51. The van der Waals surface area contributed by atoms with Gasteiger partial charge in [0.15, 0.2) is 5.11 Å². The van der Waals surface area contributed by atoms with Crippen LogP contribution in [0.15, 0.2) is 0 Å². The van der Waals surface area contributed by atoms with E-state index in [9.17, 15) is 10.4 Å². The van der Waals surface area contributed by atoms with Gasteiger partial charge in [-0.2, -0.15) is 0 Å². The van der Waals surface area contributed by atoms with Crippen molar-refractivity contribution in [3.63, 3.8) is 0 Å². The average Bonchev–Trinajstić information content (AvgIpc) is 2.05. The first-order valence-corrected chi connectivity index (χ1v) is 4.14. The lowest BCUT2D eigenvalue weighted by molar-refractivity contribution is -0.0959. The smallest absolute Gasteiger partial charge is 0.185 e. The van der Waals surface area contributed by atoms with Crippen molar-refractivity contribution in [3.8, 4) is 0 Å². The van der Waals surface area contributed by atoms with Crippen LogP contribution in [0.25, 0.3) is 0 Å². The fraction of sp³-hybridized carbons (Fsp3) is 0.857. The van der Waals surface area contributed by atoms with Crippen LogP contribution in [0.3, 0.4) is 0 Å². The Morgan fingerprint density at radius 2 is 1.67 bits per heavy atom. The van der Waals surface area contributed by atoms with Crippen LogP contribution in [0, 0.1) is 5.21 Å². The summed E-state index contributed by atoms with van der Waals surface area (Å²) >= 11 is 4.75. The molecule has 0 aromatic rings. The van der Waals surface area contributed by atoms with Crippen LogP contribution in [0.5, 0.6) is 0 Å². The van der Waals surface area contributed by atoms with E-state index in [4.69, 9.17) is 12.2 Å². The van der Waals surface area contributed by atoms with Gasteiger partial charge in [-0.25, -0.2) is 5.06 Å². The van der Waals surface area contributed by atoms with E-state index in [1.165, 1.54) is 0 Å². The Balaban J connectivity index is 3.14. The maximum absolute atomic E-state index is 11.4. The summed E-state index contributed by atoms with van der Waals surface area (Å²) in [7, 11) is 0. The number of hydrogen-bond acceptors (Lipinski definition) is 3. The molecule has 4 nitrogen and oxygen atoms in total. The fourth-order valence-electron chi connectivity index (χ4n) is 1.07. The summed E-state index contributed by atoms with van der Waals surface area (Å²) in [6.07, 6.45) is 0. The quantitative estimate of drug-likeness (QED) is 0.583. The molecule has 70 valence electrons. The minimum atomic E-state index is -0.696. The normalized spacial score (nSPS) is 26.7. The van der Waals surface area contributed by atoms with Gasteiger partial charge in [-0.05, 0) is 39.9 Å². The summed E-state index contributed by atoms with van der Waals surface area (Å²) in [5.74, 6) is 0. The summed E-state index contributed by atoms with van der Waals surface area (Å²) in [4.78, 5) is 0. The van der Waals surface area contributed by atoms with Gasteiger partial charge < -0.3 is 10.3 Å². The predicted octanol–water partition coefficient (Wildman–Crippen LogP) is 1.33. The van der Waals surface area contributed by atoms with Crippen LogP contribution in [0.1, 0.15) is 27.7 Å². The Bertz CT molecular complexity index is 205. The SMILES string of the molecule is CC1(C)N([O-])C(=S)N(O)C1(C)C. The molecule has 0 spiro atoms. The summed E-state index contributed by atoms with van der Waals surface area (Å²) < 4.78 is 0. The monoisotopic (exact) mass is 189 g/mol. The number of hydroxylamine groups is 4. The lowest BCUT2D eigenvalue weighted by atomic mass is 9.84. The highest BCUT2D eigenvalue weighted by molar-refractivity contribution is 7.80. The van der Waals surface area contributed by atoms with Crippen LogP contribution in [0.2, 0.25) is 0 Å². The summed E-state index contributed by atoms with van der Waals surface area (Å²) in [6, 6.07) is 0. The van der Waals surface area contributed by atoms with Crippen LogP contribution in [-0.4, -0.2) is 31.5 Å². The van der Waals surface area contributed by atoms with Crippen molar-refractivity contribution >= 4 is 17.3 Å². The predicted molar refractivity (Wildman–Crippen MR) is 49.6 cm³/mol. The van der Waals surface area contributed by atoms with Crippen molar-refractivity contribution in [1.29, 1.82) is 0 Å². The second-order valence-electron chi connectivity index (χ2n) is 4.01. The van der Waals surface area contributed by atoms with Crippen LogP contribution in [-0.2, 0) is 0 Å². The molecule has 0 aliphatic carbocycles. The zero-order valence-corrected chi connectivity index (χ0v) is 8.47. The molecule has 1 N–H and O–H groups in total. The zero-order valence-electron chi connectivity index (χ0n) is 7.66. The number of thiocarbonyl (C=S) groups is 1. The molecule has 0 radical (unpaired) electrons. The van der Waals surface area contributed by atoms with E-state index in [2.05, 4.69) is 0 Å². The van der Waals surface area contributed by atoms with E-state index in [0.717, 1.165) is 5.06 Å². The number of nitrogens with zero attached hydrogens (tertiary/aromatic N) is 2. The molecule has 0 bridgehead atoms. The van der Waals surface area contributed by atoms with Gasteiger partial charge in [-0.1, -0.05) is 0 Å². The minimum Gasteiger partial charge on any atom is -0.756 e. The Morgan fingerprint density at radius 3 is 1.75 bits per heavy atom. The summed E-state index contributed by atoms with van der Waals surface area (Å²) in [5, 5.41) is 22.4. The molecule has 12 heavy (non-hydrogen) atoms. The second kappa shape index (κ2) is 2.31. The molecule has 1 fully saturated rings. The van der Waals surface area contributed by atoms with Gasteiger partial charge in [0.05, 0.1) is 11.1 Å². The maximum Gasteiger partial charge on any atom is 0.185 e. The highest BCUT2D eigenvalue weighted by Crippen LogP contribution is 2.39. The molecule has 0 aromatic carbocycles. The first-order valence-electron chi connectivity index (χ1n) is 3.73. The molecule has 0 aromatic heterocycles. The van der Waals surface area contributed by atoms with Gasteiger partial charge in [-0.15, -0.1) is 0 Å². The van der Waals surface area contributed by atoms with Crippen LogP contribution >= 0.6 is 12.2 Å². The Morgan fingerprint density at radius 1 is 1.25 bits per heavy atom. The second-order valence-corrected chi connectivity index (χ2v) is 4.37.